The van der Waals surface area contributed by atoms with Crippen LogP contribution in [0.1, 0.15) is 13.3 Å². The van der Waals surface area contributed by atoms with E-state index in [2.05, 4.69) is 10.1 Å². The second-order valence-electron chi connectivity index (χ2n) is 3.58. The van der Waals surface area contributed by atoms with Crippen LogP contribution in [0.2, 0.25) is 0 Å². The van der Waals surface area contributed by atoms with Crippen molar-refractivity contribution >= 4 is 11.6 Å². The third-order valence-electron chi connectivity index (χ3n) is 2.11. The molecule has 0 aliphatic heterocycles. The van der Waals surface area contributed by atoms with Crippen LogP contribution >= 0.6 is 0 Å². The lowest BCUT2D eigenvalue weighted by molar-refractivity contribution is -0.274. The Labute approximate surface area is 102 Å². The summed E-state index contributed by atoms with van der Waals surface area (Å²) in [5.41, 5.74) is 5.68. The molecule has 1 aromatic carbocycles. The predicted molar refractivity (Wildman–Crippen MR) is 60.0 cm³/mol. The number of anilines is 1. The molecule has 18 heavy (non-hydrogen) atoms. The van der Waals surface area contributed by atoms with Crippen molar-refractivity contribution in [3.8, 4) is 5.75 Å². The van der Waals surface area contributed by atoms with E-state index in [1.54, 1.807) is 6.92 Å². The number of carbonyl (C=O) groups excluding carboxylic acids is 1. The zero-order chi connectivity index (χ0) is 13.8. The zero-order valence-electron chi connectivity index (χ0n) is 9.62. The van der Waals surface area contributed by atoms with Crippen LogP contribution in [0, 0.1) is 0 Å². The monoisotopic (exact) mass is 262 g/mol. The summed E-state index contributed by atoms with van der Waals surface area (Å²) in [5, 5.41) is 2.41. The molecule has 0 heterocycles. The number of ether oxygens (including phenoxy) is 1. The quantitative estimate of drug-likeness (QED) is 0.874. The highest BCUT2D eigenvalue weighted by Crippen LogP contribution is 2.25. The molecule has 1 unspecified atom stereocenters. The number of amides is 1. The minimum absolute atomic E-state index is 0.200. The van der Waals surface area contributed by atoms with Crippen molar-refractivity contribution in [2.45, 2.75) is 25.7 Å². The van der Waals surface area contributed by atoms with Gasteiger partial charge in [-0.25, -0.2) is 0 Å². The normalized spacial score (nSPS) is 12.9. The molecule has 0 spiro atoms. The number of nitrogens with two attached hydrogens (primary N) is 1. The summed E-state index contributed by atoms with van der Waals surface area (Å²) in [6.45, 7) is 1.73. The van der Waals surface area contributed by atoms with E-state index in [0.29, 0.717) is 6.42 Å². The second kappa shape index (κ2) is 5.72. The third kappa shape index (κ3) is 4.62. The Kier molecular flexibility index (Phi) is 4.55. The molecule has 1 aromatic rings. The average molecular weight is 262 g/mol. The van der Waals surface area contributed by atoms with E-state index in [9.17, 15) is 18.0 Å². The smallest absolute Gasteiger partial charge is 0.406 e. The Morgan fingerprint density at radius 1 is 1.50 bits per heavy atom. The topological polar surface area (TPSA) is 64.4 Å². The van der Waals surface area contributed by atoms with Crippen molar-refractivity contribution in [1.82, 2.24) is 0 Å². The highest BCUT2D eigenvalue weighted by Gasteiger charge is 2.31. The molecule has 4 nitrogen and oxygen atoms in total. The molecule has 0 saturated heterocycles. The Bertz CT molecular complexity index is 421. The maximum atomic E-state index is 12.0. The predicted octanol–water partition coefficient (Wildman–Crippen LogP) is 2.26. The van der Waals surface area contributed by atoms with Crippen molar-refractivity contribution in [1.29, 1.82) is 0 Å². The maximum absolute atomic E-state index is 12.0. The van der Waals surface area contributed by atoms with E-state index in [4.69, 9.17) is 5.73 Å². The highest BCUT2D eigenvalue weighted by molar-refractivity contribution is 5.94. The van der Waals surface area contributed by atoms with Gasteiger partial charge in [-0.1, -0.05) is 13.0 Å². The average Bonchev–Trinajstić information content (AvgIpc) is 2.26. The fraction of sp³-hybridized carbons (Fsp3) is 0.364. The molecule has 0 bridgehead atoms. The third-order valence-corrected chi connectivity index (χ3v) is 2.11. The minimum Gasteiger partial charge on any atom is -0.406 e. The largest absolute Gasteiger partial charge is 0.573 e. The Morgan fingerprint density at radius 2 is 2.17 bits per heavy atom. The number of nitrogens with one attached hydrogen (secondary N) is 1. The van der Waals surface area contributed by atoms with Gasteiger partial charge in [-0.15, -0.1) is 13.2 Å². The Hall–Kier alpha value is -1.76. The number of hydrogen-bond donors (Lipinski definition) is 2. The number of alkyl halides is 3. The summed E-state index contributed by atoms with van der Waals surface area (Å²) < 4.78 is 39.7. The van der Waals surface area contributed by atoms with Gasteiger partial charge in [-0.2, -0.15) is 0 Å². The van der Waals surface area contributed by atoms with E-state index < -0.39 is 24.1 Å². The van der Waals surface area contributed by atoms with Crippen LogP contribution in [0.4, 0.5) is 18.9 Å². The van der Waals surface area contributed by atoms with Gasteiger partial charge in [0, 0.05) is 11.8 Å². The van der Waals surface area contributed by atoms with Gasteiger partial charge >= 0.3 is 6.36 Å². The SMILES string of the molecule is CCC(N)C(=O)Nc1cccc(OC(F)(F)F)c1. The van der Waals surface area contributed by atoms with Crippen LogP contribution in [0.5, 0.6) is 5.75 Å². The van der Waals surface area contributed by atoms with Gasteiger partial charge in [0.2, 0.25) is 5.91 Å². The number of carbonyl (C=O) groups is 1. The molecule has 0 saturated carbocycles. The van der Waals surface area contributed by atoms with Gasteiger partial charge in [0.25, 0.3) is 0 Å². The first-order valence-corrected chi connectivity index (χ1v) is 5.24. The molecular formula is C11H13F3N2O2. The summed E-state index contributed by atoms with van der Waals surface area (Å²) in [7, 11) is 0. The summed E-state index contributed by atoms with van der Waals surface area (Å²) in [6, 6.07) is 4.31. The molecule has 1 amide bonds. The van der Waals surface area contributed by atoms with Crippen LogP contribution in [0.25, 0.3) is 0 Å². The molecule has 1 rings (SSSR count). The second-order valence-corrected chi connectivity index (χ2v) is 3.58. The summed E-state index contributed by atoms with van der Waals surface area (Å²) in [6.07, 6.45) is -4.33. The van der Waals surface area contributed by atoms with Gasteiger partial charge in [0.05, 0.1) is 6.04 Å². The first kappa shape index (κ1) is 14.3. The first-order valence-electron chi connectivity index (χ1n) is 5.24. The van der Waals surface area contributed by atoms with Crippen LogP contribution in [-0.4, -0.2) is 18.3 Å². The number of hydrogen-bond acceptors (Lipinski definition) is 3. The molecule has 0 aliphatic rings. The van der Waals surface area contributed by atoms with Crippen LogP contribution < -0.4 is 15.8 Å². The lowest BCUT2D eigenvalue weighted by Crippen LogP contribution is -2.34. The van der Waals surface area contributed by atoms with Crippen molar-refractivity contribution in [2.75, 3.05) is 5.32 Å². The van der Waals surface area contributed by atoms with Gasteiger partial charge < -0.3 is 15.8 Å². The van der Waals surface area contributed by atoms with Crippen molar-refractivity contribution < 1.29 is 22.7 Å². The van der Waals surface area contributed by atoms with Gasteiger partial charge in [-0.05, 0) is 18.6 Å². The van der Waals surface area contributed by atoms with Gasteiger partial charge in [0.15, 0.2) is 0 Å². The zero-order valence-corrected chi connectivity index (χ0v) is 9.62. The van der Waals surface area contributed by atoms with Gasteiger partial charge in [-0.3, -0.25) is 4.79 Å². The molecule has 0 aromatic heterocycles. The Morgan fingerprint density at radius 3 is 2.72 bits per heavy atom. The van der Waals surface area contributed by atoms with E-state index in [0.717, 1.165) is 12.1 Å². The van der Waals surface area contributed by atoms with Crippen LogP contribution in [0.15, 0.2) is 24.3 Å². The molecule has 0 fully saturated rings. The van der Waals surface area contributed by atoms with E-state index in [-0.39, 0.29) is 5.69 Å². The van der Waals surface area contributed by atoms with Crippen molar-refractivity contribution in [3.05, 3.63) is 24.3 Å². The van der Waals surface area contributed by atoms with E-state index in [1.165, 1.54) is 12.1 Å². The van der Waals surface area contributed by atoms with Crippen molar-refractivity contribution in [3.63, 3.8) is 0 Å². The lowest BCUT2D eigenvalue weighted by Gasteiger charge is -2.12. The molecule has 3 N–H and O–H groups in total. The number of benzene rings is 1. The molecule has 7 heteroatoms. The number of rotatable bonds is 4. The lowest BCUT2D eigenvalue weighted by atomic mass is 10.2. The van der Waals surface area contributed by atoms with E-state index in [1.807, 2.05) is 0 Å². The minimum atomic E-state index is -4.76. The standard InChI is InChI=1S/C11H13F3N2O2/c1-2-9(15)10(17)16-7-4-3-5-8(6-7)18-11(12,13)14/h3-6,9H,2,15H2,1H3,(H,16,17). The fourth-order valence-electron chi connectivity index (χ4n) is 1.19. The molecule has 0 aliphatic carbocycles. The highest BCUT2D eigenvalue weighted by atomic mass is 19.4. The first-order chi connectivity index (χ1) is 8.31. The Balaban J connectivity index is 2.74. The summed E-state index contributed by atoms with van der Waals surface area (Å²) in [4.78, 5) is 11.4. The number of halogens is 3. The van der Waals surface area contributed by atoms with Gasteiger partial charge in [0.1, 0.15) is 5.75 Å². The fourth-order valence-corrected chi connectivity index (χ4v) is 1.19. The van der Waals surface area contributed by atoms with E-state index >= 15 is 0 Å². The van der Waals surface area contributed by atoms with Crippen LogP contribution in [0.3, 0.4) is 0 Å². The molecule has 100 valence electrons. The summed E-state index contributed by atoms with van der Waals surface area (Å²) in [5.74, 6) is -0.855. The molecule has 0 radical (unpaired) electrons. The van der Waals surface area contributed by atoms with Crippen molar-refractivity contribution in [2.24, 2.45) is 5.73 Å². The van der Waals surface area contributed by atoms with Crippen LogP contribution in [-0.2, 0) is 4.79 Å². The molecule has 1 atom stereocenters. The summed E-state index contributed by atoms with van der Waals surface area (Å²) >= 11 is 0. The molecular weight excluding hydrogens is 249 g/mol. The maximum Gasteiger partial charge on any atom is 0.573 e.